The predicted octanol–water partition coefficient (Wildman–Crippen LogP) is 3.80. The van der Waals surface area contributed by atoms with Gasteiger partial charge in [-0.15, -0.1) is 0 Å². The highest BCUT2D eigenvalue weighted by molar-refractivity contribution is 5.83. The summed E-state index contributed by atoms with van der Waals surface area (Å²) < 4.78 is 0. The molecule has 2 aliphatic rings. The zero-order valence-electron chi connectivity index (χ0n) is 12.3. The molecule has 2 atom stereocenters. The highest BCUT2D eigenvalue weighted by Gasteiger charge is 2.35. The third kappa shape index (κ3) is 3.12. The SMILES string of the molecule is O=C1CCCC1C1CCCCCN1Cc1ccccc1. The molecule has 0 bridgehead atoms. The van der Waals surface area contributed by atoms with Gasteiger partial charge in [-0.05, 0) is 37.8 Å². The number of Topliss-reactive ketones (excluding diaryl/α,β-unsaturated/α-hetero) is 1. The fraction of sp³-hybridized carbons (Fsp3) is 0.611. The van der Waals surface area contributed by atoms with Gasteiger partial charge in [0.1, 0.15) is 5.78 Å². The molecule has 3 rings (SSSR count). The van der Waals surface area contributed by atoms with E-state index in [2.05, 4.69) is 35.2 Å². The number of hydrogen-bond donors (Lipinski definition) is 0. The number of benzene rings is 1. The Balaban J connectivity index is 1.75. The van der Waals surface area contributed by atoms with Crippen LogP contribution in [0.3, 0.4) is 0 Å². The van der Waals surface area contributed by atoms with Gasteiger partial charge in [0.2, 0.25) is 0 Å². The molecule has 20 heavy (non-hydrogen) atoms. The van der Waals surface area contributed by atoms with Gasteiger partial charge in [0.15, 0.2) is 0 Å². The number of carbonyl (C=O) groups excluding carboxylic acids is 1. The van der Waals surface area contributed by atoms with Crippen molar-refractivity contribution in [1.82, 2.24) is 4.90 Å². The number of ketones is 1. The Kier molecular flexibility index (Phi) is 4.51. The van der Waals surface area contributed by atoms with Crippen LogP contribution in [0.4, 0.5) is 0 Å². The van der Waals surface area contributed by atoms with E-state index < -0.39 is 0 Å². The summed E-state index contributed by atoms with van der Waals surface area (Å²) in [5.41, 5.74) is 1.38. The van der Waals surface area contributed by atoms with Crippen LogP contribution < -0.4 is 0 Å². The van der Waals surface area contributed by atoms with E-state index in [1.165, 1.54) is 31.2 Å². The van der Waals surface area contributed by atoms with E-state index in [1.54, 1.807) is 0 Å². The Bertz CT molecular complexity index is 442. The predicted molar refractivity (Wildman–Crippen MR) is 81.5 cm³/mol. The molecule has 0 N–H and O–H groups in total. The number of carbonyl (C=O) groups is 1. The minimum Gasteiger partial charge on any atom is -0.299 e. The van der Waals surface area contributed by atoms with E-state index in [4.69, 9.17) is 0 Å². The average Bonchev–Trinajstić information content (AvgIpc) is 2.76. The minimum atomic E-state index is 0.316. The maximum Gasteiger partial charge on any atom is 0.137 e. The topological polar surface area (TPSA) is 20.3 Å². The fourth-order valence-electron chi connectivity index (χ4n) is 3.91. The van der Waals surface area contributed by atoms with Crippen LogP contribution in [-0.2, 0) is 11.3 Å². The van der Waals surface area contributed by atoms with Gasteiger partial charge in [0.05, 0.1) is 0 Å². The Morgan fingerprint density at radius 2 is 1.85 bits per heavy atom. The normalized spacial score (nSPS) is 28.5. The van der Waals surface area contributed by atoms with E-state index in [0.29, 0.717) is 17.7 Å². The summed E-state index contributed by atoms with van der Waals surface area (Å²) in [6.45, 7) is 2.17. The fourth-order valence-corrected chi connectivity index (χ4v) is 3.91. The first-order valence-corrected chi connectivity index (χ1v) is 8.15. The van der Waals surface area contributed by atoms with E-state index >= 15 is 0 Å². The van der Waals surface area contributed by atoms with Crippen molar-refractivity contribution in [1.29, 1.82) is 0 Å². The van der Waals surface area contributed by atoms with Crippen molar-refractivity contribution < 1.29 is 4.79 Å². The number of likely N-dealkylation sites (tertiary alicyclic amines) is 1. The molecule has 1 heterocycles. The Morgan fingerprint density at radius 3 is 2.60 bits per heavy atom. The maximum absolute atomic E-state index is 12.2. The second kappa shape index (κ2) is 6.53. The van der Waals surface area contributed by atoms with Crippen LogP contribution in [0.5, 0.6) is 0 Å². The third-order valence-corrected chi connectivity index (χ3v) is 4.96. The molecule has 1 saturated heterocycles. The molecule has 0 spiro atoms. The molecule has 1 aliphatic carbocycles. The summed E-state index contributed by atoms with van der Waals surface area (Å²) in [5.74, 6) is 0.840. The van der Waals surface area contributed by atoms with Gasteiger partial charge in [-0.25, -0.2) is 0 Å². The molecule has 2 unspecified atom stereocenters. The van der Waals surface area contributed by atoms with Gasteiger partial charge >= 0.3 is 0 Å². The third-order valence-electron chi connectivity index (χ3n) is 4.96. The van der Waals surface area contributed by atoms with Crippen LogP contribution in [0.2, 0.25) is 0 Å². The van der Waals surface area contributed by atoms with Crippen molar-refractivity contribution in [3.63, 3.8) is 0 Å². The maximum atomic E-state index is 12.2. The number of hydrogen-bond acceptors (Lipinski definition) is 2. The van der Waals surface area contributed by atoms with Crippen molar-refractivity contribution in [2.75, 3.05) is 6.54 Å². The minimum absolute atomic E-state index is 0.316. The molecular weight excluding hydrogens is 246 g/mol. The van der Waals surface area contributed by atoms with Crippen LogP contribution in [-0.4, -0.2) is 23.3 Å². The van der Waals surface area contributed by atoms with Crippen LogP contribution in [0.15, 0.2) is 30.3 Å². The Labute approximate surface area is 122 Å². The summed E-state index contributed by atoms with van der Waals surface area (Å²) in [5, 5.41) is 0. The lowest BCUT2D eigenvalue weighted by Crippen LogP contribution is -2.41. The van der Waals surface area contributed by atoms with E-state index in [-0.39, 0.29) is 0 Å². The Morgan fingerprint density at radius 1 is 1.00 bits per heavy atom. The molecule has 2 fully saturated rings. The van der Waals surface area contributed by atoms with E-state index in [9.17, 15) is 4.79 Å². The monoisotopic (exact) mass is 271 g/mol. The molecule has 0 amide bonds. The molecule has 0 radical (unpaired) electrons. The first-order chi connectivity index (χ1) is 9.84. The standard InChI is InChI=1S/C18H25NO/c20-18-12-7-10-16(18)17-11-5-2-6-13-19(17)14-15-8-3-1-4-9-15/h1,3-4,8-9,16-17H,2,5-7,10-14H2. The van der Waals surface area contributed by atoms with Gasteiger partial charge in [0.25, 0.3) is 0 Å². The first kappa shape index (κ1) is 13.8. The molecular formula is C18H25NO. The summed E-state index contributed by atoms with van der Waals surface area (Å²) in [6, 6.07) is 11.2. The summed E-state index contributed by atoms with van der Waals surface area (Å²) >= 11 is 0. The van der Waals surface area contributed by atoms with E-state index in [0.717, 1.165) is 32.4 Å². The lowest BCUT2D eigenvalue weighted by atomic mass is 9.92. The average molecular weight is 271 g/mol. The lowest BCUT2D eigenvalue weighted by molar-refractivity contribution is -0.122. The second-order valence-electron chi connectivity index (χ2n) is 6.34. The molecule has 1 saturated carbocycles. The van der Waals surface area contributed by atoms with Crippen molar-refractivity contribution in [2.45, 2.75) is 57.5 Å². The summed E-state index contributed by atoms with van der Waals surface area (Å²) in [7, 11) is 0. The lowest BCUT2D eigenvalue weighted by Gasteiger charge is -2.33. The van der Waals surface area contributed by atoms with Crippen molar-refractivity contribution >= 4 is 5.78 Å². The van der Waals surface area contributed by atoms with Crippen LogP contribution in [0.1, 0.15) is 50.5 Å². The molecule has 0 aromatic heterocycles. The molecule has 1 aromatic carbocycles. The van der Waals surface area contributed by atoms with Gasteiger partial charge in [-0.2, -0.15) is 0 Å². The second-order valence-corrected chi connectivity index (χ2v) is 6.34. The van der Waals surface area contributed by atoms with Crippen LogP contribution in [0, 0.1) is 5.92 Å². The van der Waals surface area contributed by atoms with Gasteiger partial charge in [-0.3, -0.25) is 9.69 Å². The van der Waals surface area contributed by atoms with Gasteiger partial charge in [0, 0.05) is 24.9 Å². The molecule has 1 aromatic rings. The number of nitrogens with zero attached hydrogens (tertiary/aromatic N) is 1. The highest BCUT2D eigenvalue weighted by Crippen LogP contribution is 2.32. The molecule has 2 nitrogen and oxygen atoms in total. The van der Waals surface area contributed by atoms with Crippen LogP contribution >= 0.6 is 0 Å². The smallest absolute Gasteiger partial charge is 0.137 e. The largest absolute Gasteiger partial charge is 0.299 e. The first-order valence-electron chi connectivity index (χ1n) is 8.15. The van der Waals surface area contributed by atoms with Crippen LogP contribution in [0.25, 0.3) is 0 Å². The summed E-state index contributed by atoms with van der Waals surface area (Å²) in [6.07, 6.45) is 8.16. The molecule has 1 aliphatic heterocycles. The zero-order chi connectivity index (χ0) is 13.8. The van der Waals surface area contributed by atoms with E-state index in [1.807, 2.05) is 0 Å². The van der Waals surface area contributed by atoms with Gasteiger partial charge in [-0.1, -0.05) is 43.2 Å². The molecule has 108 valence electrons. The number of rotatable bonds is 3. The van der Waals surface area contributed by atoms with Gasteiger partial charge < -0.3 is 0 Å². The van der Waals surface area contributed by atoms with Crippen molar-refractivity contribution in [3.8, 4) is 0 Å². The Hall–Kier alpha value is -1.15. The van der Waals surface area contributed by atoms with Crippen molar-refractivity contribution in [3.05, 3.63) is 35.9 Å². The quantitative estimate of drug-likeness (QED) is 0.833. The zero-order valence-corrected chi connectivity index (χ0v) is 12.3. The molecule has 2 heteroatoms. The highest BCUT2D eigenvalue weighted by atomic mass is 16.1. The van der Waals surface area contributed by atoms with Crippen molar-refractivity contribution in [2.24, 2.45) is 5.92 Å². The summed E-state index contributed by atoms with van der Waals surface area (Å²) in [4.78, 5) is 14.8.